The second-order valence-corrected chi connectivity index (χ2v) is 4.89. The van der Waals surface area contributed by atoms with Gasteiger partial charge < -0.3 is 14.6 Å². The maximum absolute atomic E-state index is 11.8. The van der Waals surface area contributed by atoms with Gasteiger partial charge >= 0.3 is 5.97 Å². The van der Waals surface area contributed by atoms with Gasteiger partial charge in [0.05, 0.1) is 6.61 Å². The number of hydrogen-bond donors (Lipinski definition) is 1. The summed E-state index contributed by atoms with van der Waals surface area (Å²) in [6, 6.07) is 1.81. The first-order valence-corrected chi connectivity index (χ1v) is 6.55. The molecule has 0 fully saturated rings. The molecule has 0 spiro atoms. The van der Waals surface area contributed by atoms with Crippen molar-refractivity contribution in [2.45, 2.75) is 34.2 Å². The maximum Gasteiger partial charge on any atom is 0.355 e. The first-order valence-electron chi connectivity index (χ1n) is 6.55. The Morgan fingerprint density at radius 3 is 2.68 bits per heavy atom. The molecule has 0 aromatic carbocycles. The molecule has 1 heterocycles. The average molecular weight is 266 g/mol. The summed E-state index contributed by atoms with van der Waals surface area (Å²) in [6.07, 6.45) is 1.73. The van der Waals surface area contributed by atoms with E-state index in [0.717, 1.165) is 5.56 Å². The van der Waals surface area contributed by atoms with Gasteiger partial charge in [0.15, 0.2) is 0 Å². The number of amides is 1. The normalized spacial score (nSPS) is 10.6. The van der Waals surface area contributed by atoms with E-state index in [1.165, 1.54) is 0 Å². The molecule has 1 rings (SSSR count). The Kier molecular flexibility index (Phi) is 5.60. The molecular weight excluding hydrogens is 244 g/mol. The highest BCUT2D eigenvalue weighted by molar-refractivity contribution is 5.90. The van der Waals surface area contributed by atoms with E-state index in [-0.39, 0.29) is 18.4 Å². The van der Waals surface area contributed by atoms with Gasteiger partial charge in [0, 0.05) is 12.7 Å². The van der Waals surface area contributed by atoms with Crippen molar-refractivity contribution in [2.24, 2.45) is 5.92 Å². The lowest BCUT2D eigenvalue weighted by Crippen LogP contribution is -2.31. The lowest BCUT2D eigenvalue weighted by Gasteiger charge is -2.11. The monoisotopic (exact) mass is 266 g/mol. The van der Waals surface area contributed by atoms with Crippen LogP contribution in [0.3, 0.4) is 0 Å². The van der Waals surface area contributed by atoms with E-state index in [4.69, 9.17) is 4.74 Å². The van der Waals surface area contributed by atoms with Crippen LogP contribution in [0.4, 0.5) is 0 Å². The fourth-order valence-electron chi connectivity index (χ4n) is 1.72. The van der Waals surface area contributed by atoms with Gasteiger partial charge in [-0.2, -0.15) is 0 Å². The van der Waals surface area contributed by atoms with E-state index in [0.29, 0.717) is 24.8 Å². The van der Waals surface area contributed by atoms with Crippen LogP contribution >= 0.6 is 0 Å². The number of esters is 1. The van der Waals surface area contributed by atoms with Crippen molar-refractivity contribution in [1.29, 1.82) is 0 Å². The third-order valence-electron chi connectivity index (χ3n) is 2.66. The lowest BCUT2D eigenvalue weighted by atomic mass is 10.2. The van der Waals surface area contributed by atoms with Crippen LogP contribution in [0.5, 0.6) is 0 Å². The largest absolute Gasteiger partial charge is 0.461 e. The molecule has 0 atom stereocenters. The second kappa shape index (κ2) is 6.97. The highest BCUT2D eigenvalue weighted by Crippen LogP contribution is 2.11. The van der Waals surface area contributed by atoms with Crippen molar-refractivity contribution in [3.63, 3.8) is 0 Å². The number of aryl methyl sites for hydroxylation is 1. The molecule has 5 heteroatoms. The second-order valence-electron chi connectivity index (χ2n) is 4.89. The number of rotatable bonds is 6. The highest BCUT2D eigenvalue weighted by Gasteiger charge is 2.17. The summed E-state index contributed by atoms with van der Waals surface area (Å²) in [5.74, 6) is -0.0867. The van der Waals surface area contributed by atoms with Gasteiger partial charge in [0.25, 0.3) is 0 Å². The van der Waals surface area contributed by atoms with Gasteiger partial charge in [0.2, 0.25) is 5.91 Å². The molecule has 0 radical (unpaired) electrons. The van der Waals surface area contributed by atoms with Gasteiger partial charge in [-0.05, 0) is 31.4 Å². The molecule has 1 amide bonds. The van der Waals surface area contributed by atoms with Crippen LogP contribution in [0.25, 0.3) is 0 Å². The number of carbonyl (C=O) groups is 2. The molecule has 1 N–H and O–H groups in total. The van der Waals surface area contributed by atoms with Crippen molar-refractivity contribution < 1.29 is 14.3 Å². The van der Waals surface area contributed by atoms with Crippen LogP contribution in [0.2, 0.25) is 0 Å². The van der Waals surface area contributed by atoms with Gasteiger partial charge in [-0.25, -0.2) is 4.79 Å². The van der Waals surface area contributed by atoms with E-state index >= 15 is 0 Å². The molecule has 1 aromatic heterocycles. The van der Waals surface area contributed by atoms with Crippen LogP contribution in [0.1, 0.15) is 36.8 Å². The van der Waals surface area contributed by atoms with Crippen molar-refractivity contribution in [2.75, 3.05) is 13.2 Å². The third-order valence-corrected chi connectivity index (χ3v) is 2.66. The van der Waals surface area contributed by atoms with Crippen molar-refractivity contribution in [1.82, 2.24) is 9.88 Å². The van der Waals surface area contributed by atoms with Crippen LogP contribution in [-0.2, 0) is 16.1 Å². The Balaban J connectivity index is 2.73. The number of nitrogens with one attached hydrogen (secondary N) is 1. The van der Waals surface area contributed by atoms with E-state index < -0.39 is 0 Å². The summed E-state index contributed by atoms with van der Waals surface area (Å²) in [6.45, 7) is 8.74. The molecule has 1 aromatic rings. The topological polar surface area (TPSA) is 60.3 Å². The molecule has 0 aliphatic heterocycles. The third kappa shape index (κ3) is 4.43. The zero-order chi connectivity index (χ0) is 14.4. The predicted molar refractivity (Wildman–Crippen MR) is 73.0 cm³/mol. The minimum absolute atomic E-state index is 0.102. The van der Waals surface area contributed by atoms with Crippen LogP contribution in [0.15, 0.2) is 12.3 Å². The Morgan fingerprint density at radius 2 is 2.11 bits per heavy atom. The minimum atomic E-state index is -0.387. The Bertz CT molecular complexity index is 450. The average Bonchev–Trinajstić information content (AvgIpc) is 2.68. The summed E-state index contributed by atoms with van der Waals surface area (Å²) >= 11 is 0. The van der Waals surface area contributed by atoms with Gasteiger partial charge in [-0.15, -0.1) is 0 Å². The van der Waals surface area contributed by atoms with Crippen LogP contribution in [-0.4, -0.2) is 29.6 Å². The number of ether oxygens (including phenoxy) is 1. The summed E-state index contributed by atoms with van der Waals surface area (Å²) in [5, 5.41) is 2.83. The molecule has 106 valence electrons. The lowest BCUT2D eigenvalue weighted by molar-refractivity contribution is -0.121. The highest BCUT2D eigenvalue weighted by atomic mass is 16.5. The van der Waals surface area contributed by atoms with E-state index in [1.54, 1.807) is 17.7 Å². The zero-order valence-corrected chi connectivity index (χ0v) is 12.0. The Hall–Kier alpha value is -1.78. The summed E-state index contributed by atoms with van der Waals surface area (Å²) in [7, 11) is 0. The van der Waals surface area contributed by atoms with Crippen molar-refractivity contribution in [3.8, 4) is 0 Å². The minimum Gasteiger partial charge on any atom is -0.461 e. The molecule has 0 aliphatic carbocycles. The number of carbonyl (C=O) groups excluding carboxylic acids is 2. The first kappa shape index (κ1) is 15.3. The number of hydrogen-bond acceptors (Lipinski definition) is 3. The van der Waals surface area contributed by atoms with E-state index in [2.05, 4.69) is 5.32 Å². The number of nitrogens with zero attached hydrogens (tertiary/aromatic N) is 1. The maximum atomic E-state index is 11.8. The fraction of sp³-hybridized carbons (Fsp3) is 0.571. The Labute approximate surface area is 113 Å². The van der Waals surface area contributed by atoms with Crippen LogP contribution in [0, 0.1) is 12.8 Å². The molecule has 0 unspecified atom stereocenters. The summed E-state index contributed by atoms with van der Waals surface area (Å²) < 4.78 is 6.62. The summed E-state index contributed by atoms with van der Waals surface area (Å²) in [4.78, 5) is 23.6. The predicted octanol–water partition coefficient (Wildman–Crippen LogP) is 1.75. The molecule has 0 bridgehead atoms. The quantitative estimate of drug-likeness (QED) is 0.798. The van der Waals surface area contributed by atoms with E-state index in [1.807, 2.05) is 26.8 Å². The fourth-order valence-corrected chi connectivity index (χ4v) is 1.72. The zero-order valence-electron chi connectivity index (χ0n) is 12.0. The van der Waals surface area contributed by atoms with Crippen LogP contribution < -0.4 is 5.32 Å². The van der Waals surface area contributed by atoms with Crippen molar-refractivity contribution >= 4 is 11.9 Å². The molecular formula is C14H22N2O3. The van der Waals surface area contributed by atoms with Crippen molar-refractivity contribution in [3.05, 3.63) is 23.5 Å². The summed E-state index contributed by atoms with van der Waals surface area (Å²) in [5.41, 5.74) is 1.26. The number of aromatic nitrogens is 1. The van der Waals surface area contributed by atoms with Gasteiger partial charge in [-0.3, -0.25) is 4.79 Å². The van der Waals surface area contributed by atoms with Gasteiger partial charge in [-0.1, -0.05) is 13.8 Å². The first-order chi connectivity index (χ1) is 8.95. The molecule has 0 aliphatic rings. The standard InChI is InChI=1S/C14H22N2O3/c1-5-19-14(18)13-11(4)6-7-16(13)9-12(17)15-8-10(2)3/h6-7,10H,5,8-9H2,1-4H3,(H,15,17). The molecule has 19 heavy (non-hydrogen) atoms. The van der Waals surface area contributed by atoms with Gasteiger partial charge in [0.1, 0.15) is 12.2 Å². The molecule has 5 nitrogen and oxygen atoms in total. The SMILES string of the molecule is CCOC(=O)c1c(C)ccn1CC(=O)NCC(C)C. The van der Waals surface area contributed by atoms with E-state index in [9.17, 15) is 9.59 Å². The molecule has 0 saturated heterocycles. The molecule has 0 saturated carbocycles. The smallest absolute Gasteiger partial charge is 0.355 e. The Morgan fingerprint density at radius 1 is 1.42 bits per heavy atom.